The van der Waals surface area contributed by atoms with Gasteiger partial charge >= 0.3 is 0 Å². The van der Waals surface area contributed by atoms with Gasteiger partial charge in [-0.25, -0.2) is 0 Å². The molecule has 2 aliphatic rings. The topological polar surface area (TPSA) is 16.2 Å². The van der Waals surface area contributed by atoms with E-state index >= 15 is 0 Å². The number of hydrogen-bond acceptors (Lipinski definition) is 5. The van der Waals surface area contributed by atoms with Gasteiger partial charge in [0.2, 0.25) is 0 Å². The standard InChI is InChI=1S/C40H33N.C34H29N.C27H21N.2C21H17N/c1-40(2)38-12-8-7-11-36(38)37-26-25-35(27-39(37)40)41(3)34-23-21-33(22-24-34)32-19-17-31(18-20-32)30-15-13-29(14-16-30)28-9-5-4-6-10-28;1-34(2)32-12-8-7-11-30(32)31-22-21-29(23-33(31)34)35(3)28-19-17-27(18-20-28)26-15-13-25(14-16-26)24-9-5-4-6-10-24;1-28(27-14-8-7-13-26(27)20-9-3-2-4-10-20)23-17-18-25-22(19-23)16-15-21-11-5-6-12-24(21)25;1-22(20-14-6-10-16-8-2-4-12-18(16)20)21-15-7-11-17-9-3-5-13-19(17)21;1-22(20-12-10-16-6-2-4-8-18(16)14-20)21-13-11-17-7-3-5-9-19(17)15-21/h4-27H,1-3H3;4-23H,1-3H3;2-19H,1H3;2*2-15H,1H3. The second-order valence-electron chi connectivity index (χ2n) is 39.8. The second kappa shape index (κ2) is 41.7. The molecule has 5 nitrogen and oxygen atoms in total. The summed E-state index contributed by atoms with van der Waals surface area (Å²) in [6, 6.07) is 196. The third kappa shape index (κ3) is 19.4. The average molecular weight is 1910 g/mol. The number of fused-ring (bicyclic) bond motifs is 13. The molecule has 0 aromatic heterocycles. The fraction of sp³-hybridized carbons (Fsp3) is 0.0769. The van der Waals surface area contributed by atoms with Crippen LogP contribution in [-0.2, 0) is 10.8 Å². The molecule has 24 aromatic rings. The van der Waals surface area contributed by atoms with Crippen LogP contribution >= 0.6 is 0 Å². The first-order valence-electron chi connectivity index (χ1n) is 51.3. The lowest BCUT2D eigenvalue weighted by atomic mass is 9.82. The Balaban J connectivity index is 0.000000107. The predicted octanol–water partition coefficient (Wildman–Crippen LogP) is 38.8. The van der Waals surface area contributed by atoms with Crippen LogP contribution in [0.2, 0.25) is 0 Å². The van der Waals surface area contributed by atoms with Crippen LogP contribution in [0.1, 0.15) is 49.9 Å². The zero-order valence-corrected chi connectivity index (χ0v) is 85.2. The van der Waals surface area contributed by atoms with Crippen molar-refractivity contribution in [3.63, 3.8) is 0 Å². The van der Waals surface area contributed by atoms with Gasteiger partial charge < -0.3 is 24.5 Å². The smallest absolute Gasteiger partial charge is 0.0487 e. The first-order valence-corrected chi connectivity index (χ1v) is 51.3. The highest BCUT2D eigenvalue weighted by atomic mass is 15.1. The maximum atomic E-state index is 2.37. The Bertz CT molecular complexity index is 8710. The van der Waals surface area contributed by atoms with Crippen LogP contribution in [-0.4, -0.2) is 35.2 Å². The normalized spacial score (nSPS) is 12.1. The molecule has 0 bridgehead atoms. The van der Waals surface area contributed by atoms with Gasteiger partial charge in [0.05, 0.1) is 0 Å². The molecule has 0 saturated carbocycles. The van der Waals surface area contributed by atoms with Gasteiger partial charge in [-0.3, -0.25) is 0 Å². The summed E-state index contributed by atoms with van der Waals surface area (Å²) in [5.74, 6) is 0. The van der Waals surface area contributed by atoms with Gasteiger partial charge in [-0.05, 0) is 263 Å². The number of rotatable bonds is 16. The summed E-state index contributed by atoms with van der Waals surface area (Å²) >= 11 is 0. The molecule has 0 fully saturated rings. The van der Waals surface area contributed by atoms with Gasteiger partial charge in [-0.1, -0.05) is 471 Å². The summed E-state index contributed by atoms with van der Waals surface area (Å²) in [5.41, 5.74) is 37.9. The first kappa shape index (κ1) is 94.7. The molecule has 26 rings (SSSR count). The molecule has 0 spiro atoms. The molecule has 0 unspecified atom stereocenters. The Labute approximate surface area is 870 Å². The summed E-state index contributed by atoms with van der Waals surface area (Å²) < 4.78 is 0. The van der Waals surface area contributed by atoms with Gasteiger partial charge in [0, 0.05) is 119 Å². The SMILES string of the molecule is CN(c1ccc(-c2ccc(-c3ccc(-c4ccccc4)cc3)cc2)cc1)c1ccc2c(c1)C(C)(C)c1ccccc1-2.CN(c1ccc(-c2ccc(-c3ccccc3)cc2)cc1)c1ccc2c(c1)C(C)(C)c1ccccc1-2.CN(c1ccc2c(ccc3ccccc32)c1)c1ccccc1-c1ccccc1.CN(c1ccc2ccccc2c1)c1ccc2ccccc2c1.CN(c1cccc2ccccc12)c1cccc2ccccc12. The molecular formula is C143H117N5. The molecule has 0 saturated heterocycles. The van der Waals surface area contributed by atoms with Gasteiger partial charge in [0.25, 0.3) is 0 Å². The van der Waals surface area contributed by atoms with E-state index in [1.165, 1.54) is 233 Å². The van der Waals surface area contributed by atoms with E-state index in [0.29, 0.717) is 0 Å². The van der Waals surface area contributed by atoms with E-state index in [4.69, 9.17) is 0 Å². The third-order valence-electron chi connectivity index (χ3n) is 30.2. The number of para-hydroxylation sites is 1. The average Bonchev–Trinajstić information content (AvgIpc) is 1.58. The highest BCUT2D eigenvalue weighted by Crippen LogP contribution is 2.53. The monoisotopic (exact) mass is 1900 g/mol. The van der Waals surface area contributed by atoms with Crippen molar-refractivity contribution in [1.82, 2.24) is 0 Å². The van der Waals surface area contributed by atoms with Crippen molar-refractivity contribution in [3.8, 4) is 89.0 Å². The second-order valence-corrected chi connectivity index (χ2v) is 39.8. The lowest BCUT2D eigenvalue weighted by molar-refractivity contribution is 0.660. The minimum atomic E-state index is 0.00271. The molecule has 0 atom stereocenters. The molecule has 2 aliphatic carbocycles. The molecule has 0 radical (unpaired) electrons. The number of nitrogens with zero attached hydrogens (tertiary/aromatic N) is 5. The minimum absolute atomic E-state index is 0.00271. The van der Waals surface area contributed by atoms with Crippen molar-refractivity contribution in [2.45, 2.75) is 38.5 Å². The molecule has 0 N–H and O–H groups in total. The van der Waals surface area contributed by atoms with Gasteiger partial charge in [0.15, 0.2) is 0 Å². The fourth-order valence-electron chi connectivity index (χ4n) is 21.7. The Morgan fingerprint density at radius 3 is 0.791 bits per heavy atom. The first-order chi connectivity index (χ1) is 72.5. The van der Waals surface area contributed by atoms with Gasteiger partial charge in [-0.15, -0.1) is 0 Å². The highest BCUT2D eigenvalue weighted by molar-refractivity contribution is 6.09. The lowest BCUT2D eigenvalue weighted by Crippen LogP contribution is -2.16. The van der Waals surface area contributed by atoms with E-state index in [2.05, 4.69) is 633 Å². The summed E-state index contributed by atoms with van der Waals surface area (Å²) in [6.07, 6.45) is 0. The quantitative estimate of drug-likeness (QED) is 0.0894. The molecule has 5 heteroatoms. The van der Waals surface area contributed by atoms with Crippen LogP contribution in [0.4, 0.5) is 56.9 Å². The molecule has 0 aliphatic heterocycles. The highest BCUT2D eigenvalue weighted by Gasteiger charge is 2.37. The molecule has 714 valence electrons. The maximum Gasteiger partial charge on any atom is 0.0487 e. The fourth-order valence-corrected chi connectivity index (χ4v) is 21.7. The number of benzene rings is 24. The zero-order valence-electron chi connectivity index (χ0n) is 85.2. The molecule has 24 aromatic carbocycles. The molecule has 0 heterocycles. The molecular weight excluding hydrogens is 1790 g/mol. The van der Waals surface area contributed by atoms with Crippen molar-refractivity contribution in [2.24, 2.45) is 0 Å². The van der Waals surface area contributed by atoms with E-state index in [9.17, 15) is 0 Å². The summed E-state index contributed by atoms with van der Waals surface area (Å²) in [7, 11) is 10.7. The van der Waals surface area contributed by atoms with Crippen LogP contribution < -0.4 is 24.5 Å². The number of anilines is 10. The largest absolute Gasteiger partial charge is 0.345 e. The van der Waals surface area contributed by atoms with E-state index in [-0.39, 0.29) is 10.8 Å². The Kier molecular flexibility index (Phi) is 26.7. The predicted molar refractivity (Wildman–Crippen MR) is 638 cm³/mol. The van der Waals surface area contributed by atoms with Crippen LogP contribution in [0.15, 0.2) is 546 Å². The third-order valence-corrected chi connectivity index (χ3v) is 30.2. The van der Waals surface area contributed by atoms with E-state index in [1.54, 1.807) is 0 Å². The van der Waals surface area contributed by atoms with Crippen molar-refractivity contribution in [3.05, 3.63) is 568 Å². The van der Waals surface area contributed by atoms with Crippen LogP contribution in [0.3, 0.4) is 0 Å². The maximum absolute atomic E-state index is 2.37. The van der Waals surface area contributed by atoms with Gasteiger partial charge in [0.1, 0.15) is 0 Å². The van der Waals surface area contributed by atoms with Crippen molar-refractivity contribution in [2.75, 3.05) is 59.7 Å². The Morgan fingerprint density at radius 2 is 0.372 bits per heavy atom. The Hall–Kier alpha value is -18.2. The van der Waals surface area contributed by atoms with E-state index in [0.717, 1.165) is 0 Å². The van der Waals surface area contributed by atoms with Crippen molar-refractivity contribution < 1.29 is 0 Å². The molecule has 148 heavy (non-hydrogen) atoms. The van der Waals surface area contributed by atoms with Gasteiger partial charge in [-0.2, -0.15) is 0 Å². The van der Waals surface area contributed by atoms with Crippen LogP contribution in [0.25, 0.3) is 154 Å². The molecule has 0 amide bonds. The zero-order chi connectivity index (χ0) is 101. The summed E-state index contributed by atoms with van der Waals surface area (Å²) in [5, 5.41) is 15.3. The number of hydrogen-bond donors (Lipinski definition) is 0. The van der Waals surface area contributed by atoms with Crippen LogP contribution in [0.5, 0.6) is 0 Å². The lowest BCUT2D eigenvalue weighted by Gasteiger charge is -2.25. The Morgan fingerprint density at radius 1 is 0.128 bits per heavy atom. The van der Waals surface area contributed by atoms with Crippen molar-refractivity contribution >= 4 is 122 Å². The van der Waals surface area contributed by atoms with Crippen LogP contribution in [0, 0.1) is 0 Å². The van der Waals surface area contributed by atoms with Crippen molar-refractivity contribution in [1.29, 1.82) is 0 Å². The van der Waals surface area contributed by atoms with E-state index < -0.39 is 0 Å². The summed E-state index contributed by atoms with van der Waals surface area (Å²) in [6.45, 7) is 9.33. The minimum Gasteiger partial charge on any atom is -0.345 e. The van der Waals surface area contributed by atoms with E-state index in [1.807, 2.05) is 0 Å². The summed E-state index contributed by atoms with van der Waals surface area (Å²) in [4.78, 5) is 11.4.